The highest BCUT2D eigenvalue weighted by Crippen LogP contribution is 2.25. The SMILES string of the molecule is CN(C)C(=O)c1cccc2c1CCC2=O. The fourth-order valence-corrected chi connectivity index (χ4v) is 1.93. The summed E-state index contributed by atoms with van der Waals surface area (Å²) in [6.45, 7) is 0. The van der Waals surface area contributed by atoms with Crippen molar-refractivity contribution in [3.8, 4) is 0 Å². The van der Waals surface area contributed by atoms with Crippen molar-refractivity contribution in [1.82, 2.24) is 4.90 Å². The van der Waals surface area contributed by atoms with Gasteiger partial charge in [0, 0.05) is 31.6 Å². The van der Waals surface area contributed by atoms with E-state index in [2.05, 4.69) is 0 Å². The zero-order chi connectivity index (χ0) is 11.0. The van der Waals surface area contributed by atoms with E-state index in [-0.39, 0.29) is 11.7 Å². The number of carbonyl (C=O) groups is 2. The van der Waals surface area contributed by atoms with Gasteiger partial charge in [0.2, 0.25) is 0 Å². The Kier molecular flexibility index (Phi) is 2.31. The number of carbonyl (C=O) groups excluding carboxylic acids is 2. The fourth-order valence-electron chi connectivity index (χ4n) is 1.93. The van der Waals surface area contributed by atoms with Crippen LogP contribution in [0.3, 0.4) is 0 Å². The van der Waals surface area contributed by atoms with E-state index >= 15 is 0 Å². The third-order valence-corrected chi connectivity index (χ3v) is 2.72. The zero-order valence-corrected chi connectivity index (χ0v) is 8.91. The average molecular weight is 203 g/mol. The minimum Gasteiger partial charge on any atom is -0.345 e. The lowest BCUT2D eigenvalue weighted by Gasteiger charge is -2.12. The molecule has 0 heterocycles. The van der Waals surface area contributed by atoms with Crippen molar-refractivity contribution in [3.63, 3.8) is 0 Å². The lowest BCUT2D eigenvalue weighted by Crippen LogP contribution is -2.23. The van der Waals surface area contributed by atoms with Crippen molar-refractivity contribution < 1.29 is 9.59 Å². The largest absolute Gasteiger partial charge is 0.345 e. The molecule has 3 nitrogen and oxygen atoms in total. The van der Waals surface area contributed by atoms with E-state index in [0.717, 1.165) is 11.1 Å². The van der Waals surface area contributed by atoms with E-state index in [4.69, 9.17) is 0 Å². The predicted octanol–water partition coefficient (Wildman–Crippen LogP) is 1.52. The summed E-state index contributed by atoms with van der Waals surface area (Å²) >= 11 is 0. The first-order valence-electron chi connectivity index (χ1n) is 4.98. The van der Waals surface area contributed by atoms with Crippen molar-refractivity contribution in [1.29, 1.82) is 0 Å². The van der Waals surface area contributed by atoms with Gasteiger partial charge in [0.1, 0.15) is 0 Å². The molecule has 3 heteroatoms. The van der Waals surface area contributed by atoms with Crippen LogP contribution in [0, 0.1) is 0 Å². The molecule has 0 saturated carbocycles. The van der Waals surface area contributed by atoms with Crippen LogP contribution in [0.1, 0.15) is 32.7 Å². The number of amides is 1. The van der Waals surface area contributed by atoms with Crippen LogP contribution < -0.4 is 0 Å². The second kappa shape index (κ2) is 3.50. The minimum absolute atomic E-state index is 0.0263. The standard InChI is InChI=1S/C12H13NO2/c1-13(2)12(15)10-5-3-4-9-8(10)6-7-11(9)14/h3-5H,6-7H2,1-2H3. The molecule has 0 aromatic heterocycles. The second-order valence-corrected chi connectivity index (χ2v) is 3.95. The van der Waals surface area contributed by atoms with Gasteiger partial charge in [-0.15, -0.1) is 0 Å². The molecule has 0 bridgehead atoms. The van der Waals surface area contributed by atoms with Crippen molar-refractivity contribution in [2.75, 3.05) is 14.1 Å². The van der Waals surface area contributed by atoms with Gasteiger partial charge in [0.05, 0.1) is 0 Å². The summed E-state index contributed by atoms with van der Waals surface area (Å²) < 4.78 is 0. The first-order valence-corrected chi connectivity index (χ1v) is 4.98. The molecule has 1 aromatic carbocycles. The Bertz CT molecular complexity index is 435. The summed E-state index contributed by atoms with van der Waals surface area (Å²) in [5.41, 5.74) is 2.31. The van der Waals surface area contributed by atoms with Gasteiger partial charge in [0.15, 0.2) is 5.78 Å². The minimum atomic E-state index is -0.0263. The normalized spacial score (nSPS) is 13.9. The van der Waals surface area contributed by atoms with Gasteiger partial charge >= 0.3 is 0 Å². The van der Waals surface area contributed by atoms with Gasteiger partial charge in [-0.25, -0.2) is 0 Å². The molecule has 2 rings (SSSR count). The van der Waals surface area contributed by atoms with E-state index < -0.39 is 0 Å². The predicted molar refractivity (Wildman–Crippen MR) is 57.1 cm³/mol. The van der Waals surface area contributed by atoms with Crippen molar-refractivity contribution in [2.45, 2.75) is 12.8 Å². The number of Topliss-reactive ketones (excluding diaryl/α,β-unsaturated/α-hetero) is 1. The monoisotopic (exact) mass is 203 g/mol. The molecule has 78 valence electrons. The Hall–Kier alpha value is -1.64. The molecule has 0 N–H and O–H groups in total. The van der Waals surface area contributed by atoms with Crippen LogP contribution in [0.5, 0.6) is 0 Å². The third-order valence-electron chi connectivity index (χ3n) is 2.72. The Morgan fingerprint density at radius 1 is 1.27 bits per heavy atom. The van der Waals surface area contributed by atoms with E-state index in [9.17, 15) is 9.59 Å². The molecule has 0 spiro atoms. The molecular formula is C12H13NO2. The smallest absolute Gasteiger partial charge is 0.253 e. The Morgan fingerprint density at radius 3 is 2.67 bits per heavy atom. The van der Waals surface area contributed by atoms with Gasteiger partial charge in [-0.05, 0) is 18.1 Å². The number of hydrogen-bond acceptors (Lipinski definition) is 2. The Balaban J connectivity index is 2.51. The molecular weight excluding hydrogens is 190 g/mol. The maximum Gasteiger partial charge on any atom is 0.253 e. The lowest BCUT2D eigenvalue weighted by atomic mass is 10.0. The van der Waals surface area contributed by atoms with Crippen LogP contribution >= 0.6 is 0 Å². The second-order valence-electron chi connectivity index (χ2n) is 3.95. The van der Waals surface area contributed by atoms with Crippen LogP contribution in [0.4, 0.5) is 0 Å². The molecule has 0 atom stereocenters. The van der Waals surface area contributed by atoms with Crippen LogP contribution in [0.2, 0.25) is 0 Å². The fraction of sp³-hybridized carbons (Fsp3) is 0.333. The molecule has 1 aliphatic rings. The van der Waals surface area contributed by atoms with Gasteiger partial charge in [-0.2, -0.15) is 0 Å². The molecule has 1 aromatic rings. The number of nitrogens with zero attached hydrogens (tertiary/aromatic N) is 1. The molecule has 15 heavy (non-hydrogen) atoms. The summed E-state index contributed by atoms with van der Waals surface area (Å²) in [6.07, 6.45) is 1.23. The Labute approximate surface area is 88.7 Å². The summed E-state index contributed by atoms with van der Waals surface area (Å²) in [5, 5.41) is 0. The molecule has 0 radical (unpaired) electrons. The molecule has 1 amide bonds. The first-order chi connectivity index (χ1) is 7.11. The molecule has 0 saturated heterocycles. The van der Waals surface area contributed by atoms with E-state index in [1.807, 2.05) is 0 Å². The Morgan fingerprint density at radius 2 is 2.00 bits per heavy atom. The quantitative estimate of drug-likeness (QED) is 0.694. The van der Waals surface area contributed by atoms with Gasteiger partial charge in [0.25, 0.3) is 5.91 Å². The summed E-state index contributed by atoms with van der Waals surface area (Å²) in [5.74, 6) is 0.125. The molecule has 0 unspecified atom stereocenters. The van der Waals surface area contributed by atoms with Crippen molar-refractivity contribution >= 4 is 11.7 Å². The molecule has 0 aliphatic heterocycles. The lowest BCUT2D eigenvalue weighted by molar-refractivity contribution is 0.0826. The van der Waals surface area contributed by atoms with Gasteiger partial charge < -0.3 is 4.90 Å². The summed E-state index contributed by atoms with van der Waals surface area (Å²) in [6, 6.07) is 5.37. The number of ketones is 1. The zero-order valence-electron chi connectivity index (χ0n) is 8.91. The topological polar surface area (TPSA) is 37.4 Å². The van der Waals surface area contributed by atoms with Crippen LogP contribution in [0.15, 0.2) is 18.2 Å². The number of rotatable bonds is 1. The summed E-state index contributed by atoms with van der Waals surface area (Å²) in [7, 11) is 3.44. The van der Waals surface area contributed by atoms with Crippen molar-refractivity contribution in [2.24, 2.45) is 0 Å². The number of benzene rings is 1. The molecule has 0 fully saturated rings. The number of fused-ring (bicyclic) bond motifs is 1. The first kappa shape index (κ1) is 9.90. The highest BCUT2D eigenvalue weighted by molar-refractivity contribution is 6.05. The highest BCUT2D eigenvalue weighted by Gasteiger charge is 2.24. The van der Waals surface area contributed by atoms with Crippen molar-refractivity contribution in [3.05, 3.63) is 34.9 Å². The maximum atomic E-state index is 11.8. The molecule has 1 aliphatic carbocycles. The number of hydrogen-bond donors (Lipinski definition) is 0. The third kappa shape index (κ3) is 1.54. The van der Waals surface area contributed by atoms with E-state index in [1.165, 1.54) is 0 Å². The van der Waals surface area contributed by atoms with Crippen LogP contribution in [0.25, 0.3) is 0 Å². The van der Waals surface area contributed by atoms with Gasteiger partial charge in [-0.1, -0.05) is 12.1 Å². The van der Waals surface area contributed by atoms with E-state index in [1.54, 1.807) is 37.2 Å². The van der Waals surface area contributed by atoms with Crippen LogP contribution in [-0.2, 0) is 6.42 Å². The van der Waals surface area contributed by atoms with E-state index in [0.29, 0.717) is 18.4 Å². The summed E-state index contributed by atoms with van der Waals surface area (Å²) in [4.78, 5) is 24.9. The highest BCUT2D eigenvalue weighted by atomic mass is 16.2. The maximum absolute atomic E-state index is 11.8. The van der Waals surface area contributed by atoms with Gasteiger partial charge in [-0.3, -0.25) is 9.59 Å². The average Bonchev–Trinajstić information content (AvgIpc) is 2.59. The van der Waals surface area contributed by atoms with Crippen LogP contribution in [-0.4, -0.2) is 30.7 Å².